The molecule has 0 aliphatic heterocycles. The predicted octanol–water partition coefficient (Wildman–Crippen LogP) is 4.18. The first-order chi connectivity index (χ1) is 8.58. The molecule has 2 aromatic rings. The second-order valence-electron chi connectivity index (χ2n) is 4.45. The van der Waals surface area contributed by atoms with Crippen molar-refractivity contribution in [1.82, 2.24) is 4.90 Å². The van der Waals surface area contributed by atoms with Gasteiger partial charge in [0.1, 0.15) is 0 Å². The molecule has 0 aliphatic carbocycles. The van der Waals surface area contributed by atoms with E-state index in [0.717, 1.165) is 17.3 Å². The molecule has 0 saturated carbocycles. The van der Waals surface area contributed by atoms with Crippen molar-refractivity contribution in [2.24, 2.45) is 0 Å². The van der Waals surface area contributed by atoms with Gasteiger partial charge in [-0.15, -0.1) is 11.3 Å². The van der Waals surface area contributed by atoms with E-state index in [2.05, 4.69) is 24.9 Å². The molecule has 4 heteroatoms. The van der Waals surface area contributed by atoms with Crippen molar-refractivity contribution in [3.8, 4) is 0 Å². The molecule has 2 N–H and O–H groups in total. The molecule has 0 amide bonds. The van der Waals surface area contributed by atoms with E-state index in [1.165, 1.54) is 10.4 Å². The molecule has 2 nitrogen and oxygen atoms in total. The molecule has 0 saturated heterocycles. The molecule has 2 rings (SSSR count). The lowest BCUT2D eigenvalue weighted by Gasteiger charge is -2.25. The molecule has 0 spiro atoms. The number of hydrogen-bond acceptors (Lipinski definition) is 3. The maximum Gasteiger partial charge on any atom is 0.0558 e. The fourth-order valence-corrected chi connectivity index (χ4v) is 3.03. The molecule has 1 aromatic carbocycles. The first-order valence-corrected chi connectivity index (χ1v) is 7.11. The standard InChI is InChI=1S/C14H17ClN2S/c1-10(11-4-3-5-12(16)8-11)17(2)9-14-13(15)6-7-18-14/h3-8,10H,9,16H2,1-2H3. The van der Waals surface area contributed by atoms with Gasteiger partial charge in [-0.1, -0.05) is 23.7 Å². The summed E-state index contributed by atoms with van der Waals surface area (Å²) in [6, 6.07) is 10.3. The third-order valence-corrected chi connectivity index (χ3v) is 4.51. The van der Waals surface area contributed by atoms with Gasteiger partial charge in [0, 0.05) is 23.2 Å². The summed E-state index contributed by atoms with van der Waals surface area (Å²) in [5.74, 6) is 0. The lowest BCUT2D eigenvalue weighted by atomic mass is 10.1. The third-order valence-electron chi connectivity index (χ3n) is 3.14. The van der Waals surface area contributed by atoms with Crippen LogP contribution >= 0.6 is 22.9 Å². The van der Waals surface area contributed by atoms with Crippen molar-refractivity contribution in [3.63, 3.8) is 0 Å². The molecule has 1 unspecified atom stereocenters. The zero-order chi connectivity index (χ0) is 13.1. The number of anilines is 1. The molecule has 18 heavy (non-hydrogen) atoms. The number of nitrogen functional groups attached to an aromatic ring is 1. The summed E-state index contributed by atoms with van der Waals surface area (Å²) in [5.41, 5.74) is 7.85. The van der Waals surface area contributed by atoms with E-state index >= 15 is 0 Å². The Morgan fingerprint density at radius 1 is 1.39 bits per heavy atom. The average Bonchev–Trinajstić information content (AvgIpc) is 2.74. The normalized spacial score (nSPS) is 12.9. The molecular weight excluding hydrogens is 264 g/mol. The summed E-state index contributed by atoms with van der Waals surface area (Å²) in [6.45, 7) is 3.03. The molecular formula is C14H17ClN2S. The number of benzene rings is 1. The van der Waals surface area contributed by atoms with Crippen LogP contribution in [0.15, 0.2) is 35.7 Å². The third kappa shape index (κ3) is 3.05. The molecule has 0 aliphatic rings. The van der Waals surface area contributed by atoms with Crippen LogP contribution in [-0.4, -0.2) is 11.9 Å². The number of rotatable bonds is 4. The van der Waals surface area contributed by atoms with Crippen LogP contribution in [0.2, 0.25) is 5.02 Å². The second-order valence-corrected chi connectivity index (χ2v) is 5.86. The minimum absolute atomic E-state index is 0.312. The monoisotopic (exact) mass is 280 g/mol. The molecule has 0 radical (unpaired) electrons. The van der Waals surface area contributed by atoms with Gasteiger partial charge in [-0.25, -0.2) is 0 Å². The van der Waals surface area contributed by atoms with E-state index in [0.29, 0.717) is 6.04 Å². The van der Waals surface area contributed by atoms with Gasteiger partial charge in [-0.2, -0.15) is 0 Å². The molecule has 1 atom stereocenters. The highest BCUT2D eigenvalue weighted by Gasteiger charge is 2.14. The van der Waals surface area contributed by atoms with Crippen molar-refractivity contribution in [1.29, 1.82) is 0 Å². The van der Waals surface area contributed by atoms with Crippen LogP contribution in [0.5, 0.6) is 0 Å². The highest BCUT2D eigenvalue weighted by atomic mass is 35.5. The summed E-state index contributed by atoms with van der Waals surface area (Å²) in [6.07, 6.45) is 0. The largest absolute Gasteiger partial charge is 0.399 e. The van der Waals surface area contributed by atoms with E-state index in [9.17, 15) is 0 Å². The van der Waals surface area contributed by atoms with Gasteiger partial charge in [0.25, 0.3) is 0 Å². The number of halogens is 1. The lowest BCUT2D eigenvalue weighted by Crippen LogP contribution is -2.21. The first kappa shape index (κ1) is 13.4. The summed E-state index contributed by atoms with van der Waals surface area (Å²) >= 11 is 7.82. The Bertz CT molecular complexity index is 524. The van der Waals surface area contributed by atoms with Crippen molar-refractivity contribution >= 4 is 28.6 Å². The number of thiophene rings is 1. The van der Waals surface area contributed by atoms with E-state index in [1.54, 1.807) is 11.3 Å². The molecule has 96 valence electrons. The van der Waals surface area contributed by atoms with Gasteiger partial charge in [0.15, 0.2) is 0 Å². The Labute approximate surface area is 117 Å². The highest BCUT2D eigenvalue weighted by molar-refractivity contribution is 7.10. The van der Waals surface area contributed by atoms with Gasteiger partial charge in [-0.05, 0) is 43.1 Å². The minimum Gasteiger partial charge on any atom is -0.399 e. The van der Waals surface area contributed by atoms with E-state index < -0.39 is 0 Å². The van der Waals surface area contributed by atoms with Gasteiger partial charge in [0.05, 0.1) is 5.02 Å². The Morgan fingerprint density at radius 2 is 2.17 bits per heavy atom. The quantitative estimate of drug-likeness (QED) is 0.852. The average molecular weight is 281 g/mol. The van der Waals surface area contributed by atoms with Crippen LogP contribution in [0.3, 0.4) is 0 Å². The molecule has 0 fully saturated rings. The maximum atomic E-state index is 6.12. The van der Waals surface area contributed by atoms with Gasteiger partial charge in [0.2, 0.25) is 0 Å². The Hall–Kier alpha value is -1.03. The van der Waals surface area contributed by atoms with Crippen molar-refractivity contribution < 1.29 is 0 Å². The van der Waals surface area contributed by atoms with E-state index in [-0.39, 0.29) is 0 Å². The SMILES string of the molecule is CC(c1cccc(N)c1)N(C)Cc1sccc1Cl. The Kier molecular flexibility index (Phi) is 4.27. The minimum atomic E-state index is 0.312. The van der Waals surface area contributed by atoms with E-state index in [4.69, 9.17) is 17.3 Å². The van der Waals surface area contributed by atoms with Gasteiger partial charge >= 0.3 is 0 Å². The molecule has 0 bridgehead atoms. The van der Waals surface area contributed by atoms with E-state index in [1.807, 2.05) is 29.6 Å². The van der Waals surface area contributed by atoms with Crippen LogP contribution in [-0.2, 0) is 6.54 Å². The zero-order valence-corrected chi connectivity index (χ0v) is 12.1. The van der Waals surface area contributed by atoms with Gasteiger partial charge < -0.3 is 5.73 Å². The first-order valence-electron chi connectivity index (χ1n) is 5.85. The predicted molar refractivity (Wildman–Crippen MR) is 80.1 cm³/mol. The van der Waals surface area contributed by atoms with Crippen molar-refractivity contribution in [2.45, 2.75) is 19.5 Å². The molecule has 1 aromatic heterocycles. The summed E-state index contributed by atoms with van der Waals surface area (Å²) in [7, 11) is 2.10. The van der Waals surface area contributed by atoms with Crippen molar-refractivity contribution in [3.05, 3.63) is 51.2 Å². The Morgan fingerprint density at radius 3 is 2.78 bits per heavy atom. The zero-order valence-electron chi connectivity index (χ0n) is 10.6. The molecule has 1 heterocycles. The maximum absolute atomic E-state index is 6.12. The number of hydrogen-bond donors (Lipinski definition) is 1. The van der Waals surface area contributed by atoms with Crippen LogP contribution in [0.1, 0.15) is 23.4 Å². The summed E-state index contributed by atoms with van der Waals surface area (Å²) in [4.78, 5) is 3.47. The lowest BCUT2D eigenvalue weighted by molar-refractivity contribution is 0.255. The fraction of sp³-hybridized carbons (Fsp3) is 0.286. The smallest absolute Gasteiger partial charge is 0.0558 e. The highest BCUT2D eigenvalue weighted by Crippen LogP contribution is 2.27. The summed E-state index contributed by atoms with van der Waals surface area (Å²) < 4.78 is 0. The van der Waals surface area contributed by atoms with Crippen LogP contribution in [0, 0.1) is 0 Å². The van der Waals surface area contributed by atoms with Crippen LogP contribution < -0.4 is 5.73 Å². The number of nitrogens with two attached hydrogens (primary N) is 1. The van der Waals surface area contributed by atoms with Crippen molar-refractivity contribution in [2.75, 3.05) is 12.8 Å². The summed E-state index contributed by atoms with van der Waals surface area (Å²) in [5, 5.41) is 2.88. The second kappa shape index (κ2) is 5.74. The van der Waals surface area contributed by atoms with Crippen LogP contribution in [0.4, 0.5) is 5.69 Å². The van der Waals surface area contributed by atoms with Crippen LogP contribution in [0.25, 0.3) is 0 Å². The van der Waals surface area contributed by atoms with Gasteiger partial charge in [-0.3, -0.25) is 4.90 Å². The Balaban J connectivity index is 2.09. The fourth-order valence-electron chi connectivity index (χ4n) is 1.87. The topological polar surface area (TPSA) is 29.3 Å². The number of nitrogens with zero attached hydrogens (tertiary/aromatic N) is 1.